The van der Waals surface area contributed by atoms with E-state index in [0.29, 0.717) is 11.3 Å². The van der Waals surface area contributed by atoms with Gasteiger partial charge in [-0.25, -0.2) is 4.79 Å². The summed E-state index contributed by atoms with van der Waals surface area (Å²) >= 11 is 11.7. The maximum Gasteiger partial charge on any atom is 0.411 e. The van der Waals surface area contributed by atoms with Crippen molar-refractivity contribution in [1.29, 1.82) is 0 Å². The highest BCUT2D eigenvalue weighted by Crippen LogP contribution is 2.27. The second-order valence-electron chi connectivity index (χ2n) is 4.15. The largest absolute Gasteiger partial charge is 0.444 e. The zero-order valence-corrected chi connectivity index (χ0v) is 12.3. The van der Waals surface area contributed by atoms with Crippen LogP contribution in [-0.2, 0) is 11.3 Å². The molecule has 21 heavy (non-hydrogen) atoms. The SMILES string of the molecule is O=Cc1c(Cl)cc(Cl)cc1NC(=O)OCc1ccccc1. The van der Waals surface area contributed by atoms with E-state index in [1.165, 1.54) is 12.1 Å². The van der Waals surface area contributed by atoms with Gasteiger partial charge in [-0.1, -0.05) is 53.5 Å². The Morgan fingerprint density at radius 1 is 1.19 bits per heavy atom. The first-order valence-corrected chi connectivity index (χ1v) is 6.77. The maximum atomic E-state index is 11.7. The molecule has 0 radical (unpaired) electrons. The van der Waals surface area contributed by atoms with Gasteiger partial charge < -0.3 is 4.74 Å². The first-order valence-electron chi connectivity index (χ1n) is 6.02. The molecule has 0 aliphatic carbocycles. The normalized spacial score (nSPS) is 10.0. The lowest BCUT2D eigenvalue weighted by molar-refractivity contribution is 0.112. The van der Waals surface area contributed by atoms with Crippen molar-refractivity contribution in [3.05, 3.63) is 63.6 Å². The Balaban J connectivity index is 2.04. The molecule has 0 saturated carbocycles. The van der Waals surface area contributed by atoms with E-state index in [1.807, 2.05) is 30.3 Å². The third-order valence-corrected chi connectivity index (χ3v) is 3.19. The molecule has 0 bridgehead atoms. The highest BCUT2D eigenvalue weighted by Gasteiger charge is 2.12. The Morgan fingerprint density at radius 2 is 1.90 bits per heavy atom. The van der Waals surface area contributed by atoms with E-state index >= 15 is 0 Å². The molecule has 2 aromatic carbocycles. The zero-order valence-electron chi connectivity index (χ0n) is 10.8. The van der Waals surface area contributed by atoms with Crippen LogP contribution in [0, 0.1) is 0 Å². The Morgan fingerprint density at radius 3 is 2.57 bits per heavy atom. The van der Waals surface area contributed by atoms with Gasteiger partial charge in [0.05, 0.1) is 16.3 Å². The summed E-state index contributed by atoms with van der Waals surface area (Å²) in [6, 6.07) is 12.1. The molecule has 0 atom stereocenters. The van der Waals surface area contributed by atoms with Crippen molar-refractivity contribution in [2.24, 2.45) is 0 Å². The number of aldehydes is 1. The molecule has 0 saturated heterocycles. The molecular formula is C15H11Cl2NO3. The number of benzene rings is 2. The fourth-order valence-electron chi connectivity index (χ4n) is 1.68. The van der Waals surface area contributed by atoms with E-state index < -0.39 is 6.09 Å². The van der Waals surface area contributed by atoms with E-state index in [1.54, 1.807) is 0 Å². The first-order chi connectivity index (χ1) is 10.1. The summed E-state index contributed by atoms with van der Waals surface area (Å²) in [7, 11) is 0. The molecule has 0 unspecified atom stereocenters. The quantitative estimate of drug-likeness (QED) is 0.839. The van der Waals surface area contributed by atoms with Gasteiger partial charge in [-0.05, 0) is 17.7 Å². The van der Waals surface area contributed by atoms with Crippen molar-refractivity contribution in [1.82, 2.24) is 0 Å². The monoisotopic (exact) mass is 323 g/mol. The van der Waals surface area contributed by atoms with Crippen LogP contribution >= 0.6 is 23.2 Å². The molecule has 0 heterocycles. The Bertz CT molecular complexity index is 659. The van der Waals surface area contributed by atoms with Gasteiger partial charge in [-0.15, -0.1) is 0 Å². The maximum absolute atomic E-state index is 11.7. The van der Waals surface area contributed by atoms with Crippen LogP contribution in [0.25, 0.3) is 0 Å². The van der Waals surface area contributed by atoms with Crippen molar-refractivity contribution in [2.45, 2.75) is 6.61 Å². The fraction of sp³-hybridized carbons (Fsp3) is 0.0667. The number of rotatable bonds is 4. The number of carbonyl (C=O) groups is 2. The summed E-state index contributed by atoms with van der Waals surface area (Å²) in [5.41, 5.74) is 1.21. The number of ether oxygens (including phenoxy) is 1. The van der Waals surface area contributed by atoms with Crippen LogP contribution in [0.5, 0.6) is 0 Å². The third kappa shape index (κ3) is 4.21. The van der Waals surface area contributed by atoms with Gasteiger partial charge in [0.25, 0.3) is 0 Å². The second kappa shape index (κ2) is 7.11. The summed E-state index contributed by atoms with van der Waals surface area (Å²) < 4.78 is 5.06. The standard InChI is InChI=1S/C15H11Cl2NO3/c16-11-6-13(17)12(8-19)14(7-11)18-15(20)21-9-10-4-2-1-3-5-10/h1-8H,9H2,(H,18,20). The van der Waals surface area contributed by atoms with E-state index in [4.69, 9.17) is 27.9 Å². The lowest BCUT2D eigenvalue weighted by Crippen LogP contribution is -2.15. The molecule has 4 nitrogen and oxygen atoms in total. The van der Waals surface area contributed by atoms with Crippen LogP contribution in [0.4, 0.5) is 10.5 Å². The number of carbonyl (C=O) groups excluding carboxylic acids is 2. The summed E-state index contributed by atoms with van der Waals surface area (Å²) in [5, 5.41) is 2.92. The summed E-state index contributed by atoms with van der Waals surface area (Å²) in [5.74, 6) is 0. The van der Waals surface area contributed by atoms with E-state index in [0.717, 1.165) is 5.56 Å². The van der Waals surface area contributed by atoms with Crippen molar-refractivity contribution in [2.75, 3.05) is 5.32 Å². The van der Waals surface area contributed by atoms with Gasteiger partial charge in [-0.3, -0.25) is 10.1 Å². The minimum atomic E-state index is -0.694. The molecule has 108 valence electrons. The minimum Gasteiger partial charge on any atom is -0.444 e. The average Bonchev–Trinajstić information content (AvgIpc) is 2.46. The molecule has 2 aromatic rings. The van der Waals surface area contributed by atoms with Gasteiger partial charge in [0, 0.05) is 5.02 Å². The van der Waals surface area contributed by atoms with Crippen LogP contribution in [0.2, 0.25) is 10.0 Å². The minimum absolute atomic E-state index is 0.122. The van der Waals surface area contributed by atoms with Crippen LogP contribution in [0.15, 0.2) is 42.5 Å². The molecule has 0 fully saturated rings. The molecule has 0 aromatic heterocycles. The number of amides is 1. The molecule has 0 aliphatic heterocycles. The summed E-state index contributed by atoms with van der Waals surface area (Å²) in [6.45, 7) is 0.122. The molecule has 1 N–H and O–H groups in total. The van der Waals surface area contributed by atoms with Crippen LogP contribution in [-0.4, -0.2) is 12.4 Å². The van der Waals surface area contributed by atoms with Gasteiger partial charge in [0.1, 0.15) is 6.61 Å². The van der Waals surface area contributed by atoms with Gasteiger partial charge in [0.2, 0.25) is 0 Å². The topological polar surface area (TPSA) is 55.4 Å². The second-order valence-corrected chi connectivity index (χ2v) is 5.00. The summed E-state index contributed by atoms with van der Waals surface area (Å²) in [4.78, 5) is 22.7. The van der Waals surface area contributed by atoms with Gasteiger partial charge >= 0.3 is 6.09 Å². The molecule has 0 spiro atoms. The third-order valence-electron chi connectivity index (χ3n) is 2.66. The van der Waals surface area contributed by atoms with Crippen LogP contribution < -0.4 is 5.32 Å². The van der Waals surface area contributed by atoms with Crippen LogP contribution in [0.3, 0.4) is 0 Å². The van der Waals surface area contributed by atoms with E-state index in [2.05, 4.69) is 5.32 Å². The molecule has 0 aliphatic rings. The van der Waals surface area contributed by atoms with Gasteiger partial charge in [0.15, 0.2) is 6.29 Å². The number of anilines is 1. The van der Waals surface area contributed by atoms with E-state index in [9.17, 15) is 9.59 Å². The smallest absolute Gasteiger partial charge is 0.411 e. The van der Waals surface area contributed by atoms with Crippen molar-refractivity contribution >= 4 is 41.3 Å². The number of hydrogen-bond donors (Lipinski definition) is 1. The van der Waals surface area contributed by atoms with Crippen molar-refractivity contribution in [3.8, 4) is 0 Å². The number of halogens is 2. The van der Waals surface area contributed by atoms with E-state index in [-0.39, 0.29) is 22.9 Å². The molecule has 1 amide bonds. The first kappa shape index (κ1) is 15.4. The average molecular weight is 324 g/mol. The van der Waals surface area contributed by atoms with Crippen LogP contribution in [0.1, 0.15) is 15.9 Å². The zero-order chi connectivity index (χ0) is 15.2. The lowest BCUT2D eigenvalue weighted by Gasteiger charge is -2.10. The van der Waals surface area contributed by atoms with Gasteiger partial charge in [-0.2, -0.15) is 0 Å². The fourth-order valence-corrected chi connectivity index (χ4v) is 2.22. The summed E-state index contributed by atoms with van der Waals surface area (Å²) in [6.07, 6.45) is -0.147. The van der Waals surface area contributed by atoms with Crippen molar-refractivity contribution in [3.63, 3.8) is 0 Å². The predicted molar refractivity (Wildman–Crippen MR) is 82.1 cm³/mol. The Labute approximate surface area is 131 Å². The number of hydrogen-bond acceptors (Lipinski definition) is 3. The highest BCUT2D eigenvalue weighted by molar-refractivity contribution is 6.37. The number of nitrogens with one attached hydrogen (secondary N) is 1. The molecule has 6 heteroatoms. The van der Waals surface area contributed by atoms with Crippen molar-refractivity contribution < 1.29 is 14.3 Å². The molecular weight excluding hydrogens is 313 g/mol. The Hall–Kier alpha value is -2.04. The lowest BCUT2D eigenvalue weighted by atomic mass is 10.2. The highest BCUT2D eigenvalue weighted by atomic mass is 35.5. The predicted octanol–water partition coefficient (Wildman–Crippen LogP) is 4.55. The molecule has 2 rings (SSSR count). The Kier molecular flexibility index (Phi) is 5.20.